The highest BCUT2D eigenvalue weighted by molar-refractivity contribution is 6.31. The van der Waals surface area contributed by atoms with Crippen LogP contribution in [0.4, 0.5) is 0 Å². The summed E-state index contributed by atoms with van der Waals surface area (Å²) in [5.41, 5.74) is 0.818. The van der Waals surface area contributed by atoms with Crippen molar-refractivity contribution in [2.45, 2.75) is 38.8 Å². The van der Waals surface area contributed by atoms with Crippen molar-refractivity contribution in [3.63, 3.8) is 0 Å². The van der Waals surface area contributed by atoms with Gasteiger partial charge in [0.15, 0.2) is 0 Å². The van der Waals surface area contributed by atoms with Crippen LogP contribution in [0.1, 0.15) is 25.0 Å². The van der Waals surface area contributed by atoms with Gasteiger partial charge in [-0.1, -0.05) is 11.6 Å². The van der Waals surface area contributed by atoms with Crippen LogP contribution in [0, 0.1) is 6.92 Å². The lowest BCUT2D eigenvalue weighted by Crippen LogP contribution is -2.52. The molecule has 2 aliphatic rings. The Bertz CT molecular complexity index is 482. The lowest BCUT2D eigenvalue weighted by Gasteiger charge is -2.37. The minimum absolute atomic E-state index is 0.237. The van der Waals surface area contributed by atoms with Gasteiger partial charge in [0.2, 0.25) is 5.91 Å². The smallest absolute Gasteiger partial charge is 0.224 e. The van der Waals surface area contributed by atoms with Crippen LogP contribution in [0.5, 0.6) is 0 Å². The summed E-state index contributed by atoms with van der Waals surface area (Å²) < 4.78 is 1.77. The lowest BCUT2D eigenvalue weighted by molar-refractivity contribution is -0.134. The van der Waals surface area contributed by atoms with Gasteiger partial charge in [-0.3, -0.25) is 14.4 Å². The molecule has 20 heavy (non-hydrogen) atoms. The molecule has 0 aliphatic carbocycles. The maximum Gasteiger partial charge on any atom is 0.224 e. The van der Waals surface area contributed by atoms with Gasteiger partial charge in [0, 0.05) is 44.8 Å². The second-order valence-corrected chi connectivity index (χ2v) is 6.15. The van der Waals surface area contributed by atoms with E-state index in [9.17, 15) is 4.79 Å². The van der Waals surface area contributed by atoms with Gasteiger partial charge in [-0.25, -0.2) is 0 Å². The van der Waals surface area contributed by atoms with Gasteiger partial charge >= 0.3 is 0 Å². The van der Waals surface area contributed by atoms with Crippen LogP contribution in [-0.4, -0.2) is 57.7 Å². The quantitative estimate of drug-likeness (QED) is 0.850. The monoisotopic (exact) mass is 296 g/mol. The van der Waals surface area contributed by atoms with Crippen molar-refractivity contribution in [1.82, 2.24) is 19.6 Å². The molecule has 1 amide bonds. The van der Waals surface area contributed by atoms with E-state index in [-0.39, 0.29) is 5.91 Å². The molecule has 3 rings (SSSR count). The Labute approximate surface area is 124 Å². The number of aryl methyl sites for hydroxylation is 2. The number of piperazine rings is 1. The third-order valence-electron chi connectivity index (χ3n) is 4.38. The Morgan fingerprint density at radius 1 is 1.45 bits per heavy atom. The number of hydrogen-bond donors (Lipinski definition) is 0. The normalized spacial score (nSPS) is 23.1. The average Bonchev–Trinajstić information content (AvgIpc) is 3.02. The van der Waals surface area contributed by atoms with Crippen molar-refractivity contribution in [2.75, 3.05) is 26.2 Å². The van der Waals surface area contributed by atoms with Crippen LogP contribution in [-0.2, 0) is 11.3 Å². The molecular formula is C14H21ClN4O. The van der Waals surface area contributed by atoms with Gasteiger partial charge < -0.3 is 4.90 Å². The van der Waals surface area contributed by atoms with Gasteiger partial charge in [0.25, 0.3) is 0 Å². The SMILES string of the molecule is Cc1nn(CCC(=O)N2CCN3CCCC3C2)cc1Cl. The first kappa shape index (κ1) is 13.9. The van der Waals surface area contributed by atoms with Crippen LogP contribution >= 0.6 is 11.6 Å². The molecule has 2 aliphatic heterocycles. The highest BCUT2D eigenvalue weighted by Gasteiger charge is 2.32. The number of aromatic nitrogens is 2. The Kier molecular flexibility index (Phi) is 3.98. The van der Waals surface area contributed by atoms with Gasteiger partial charge in [-0.05, 0) is 26.3 Å². The van der Waals surface area contributed by atoms with E-state index >= 15 is 0 Å². The molecule has 1 aromatic rings. The first-order valence-electron chi connectivity index (χ1n) is 7.35. The third kappa shape index (κ3) is 2.83. The molecule has 0 saturated carbocycles. The lowest BCUT2D eigenvalue weighted by atomic mass is 10.1. The van der Waals surface area contributed by atoms with E-state index in [4.69, 9.17) is 11.6 Å². The molecule has 110 valence electrons. The second-order valence-electron chi connectivity index (χ2n) is 5.75. The van der Waals surface area contributed by atoms with Crippen molar-refractivity contribution in [3.8, 4) is 0 Å². The minimum Gasteiger partial charge on any atom is -0.340 e. The van der Waals surface area contributed by atoms with Crippen LogP contribution in [0.25, 0.3) is 0 Å². The van der Waals surface area contributed by atoms with E-state index < -0.39 is 0 Å². The average molecular weight is 297 g/mol. The topological polar surface area (TPSA) is 41.4 Å². The molecule has 1 atom stereocenters. The van der Waals surface area contributed by atoms with Gasteiger partial charge in [0.05, 0.1) is 10.7 Å². The van der Waals surface area contributed by atoms with Crippen LogP contribution in [0.2, 0.25) is 5.02 Å². The molecule has 0 spiro atoms. The maximum atomic E-state index is 12.3. The largest absolute Gasteiger partial charge is 0.340 e. The van der Waals surface area contributed by atoms with Gasteiger partial charge in [0.1, 0.15) is 0 Å². The third-order valence-corrected chi connectivity index (χ3v) is 4.75. The number of amides is 1. The van der Waals surface area contributed by atoms with Crippen LogP contribution in [0.3, 0.4) is 0 Å². The fourth-order valence-electron chi connectivity index (χ4n) is 3.19. The summed E-state index contributed by atoms with van der Waals surface area (Å²) in [4.78, 5) is 16.8. The predicted octanol–water partition coefficient (Wildman–Crippen LogP) is 1.54. The fraction of sp³-hybridized carbons (Fsp3) is 0.714. The van der Waals surface area contributed by atoms with E-state index in [1.165, 1.54) is 19.4 Å². The summed E-state index contributed by atoms with van der Waals surface area (Å²) in [6.45, 7) is 6.49. The molecule has 2 fully saturated rings. The summed E-state index contributed by atoms with van der Waals surface area (Å²) >= 11 is 5.97. The number of halogens is 1. The number of nitrogens with zero attached hydrogens (tertiary/aromatic N) is 4. The molecular weight excluding hydrogens is 276 g/mol. The molecule has 0 aromatic carbocycles. The fourth-order valence-corrected chi connectivity index (χ4v) is 3.34. The summed E-state index contributed by atoms with van der Waals surface area (Å²) in [5, 5.41) is 4.95. The molecule has 0 bridgehead atoms. The maximum absolute atomic E-state index is 12.3. The molecule has 3 heterocycles. The first-order chi connectivity index (χ1) is 9.63. The van der Waals surface area contributed by atoms with E-state index in [0.717, 1.165) is 25.3 Å². The number of rotatable bonds is 3. The van der Waals surface area contributed by atoms with E-state index in [1.807, 2.05) is 11.8 Å². The van der Waals surface area contributed by atoms with Crippen LogP contribution in [0.15, 0.2) is 6.20 Å². The zero-order valence-electron chi connectivity index (χ0n) is 11.9. The summed E-state index contributed by atoms with van der Waals surface area (Å²) in [7, 11) is 0. The number of carbonyl (C=O) groups excluding carboxylic acids is 1. The van der Waals surface area contributed by atoms with Crippen molar-refractivity contribution in [2.24, 2.45) is 0 Å². The Hall–Kier alpha value is -1.07. The standard InChI is InChI=1S/C14H21ClN4O/c1-11-13(15)10-19(16-11)6-4-14(20)18-8-7-17-5-2-3-12(17)9-18/h10,12H,2-9H2,1H3. The molecule has 1 aromatic heterocycles. The zero-order valence-corrected chi connectivity index (χ0v) is 12.6. The minimum atomic E-state index is 0.237. The molecule has 5 nitrogen and oxygen atoms in total. The summed E-state index contributed by atoms with van der Waals surface area (Å²) in [6.07, 6.45) is 4.80. The van der Waals surface area contributed by atoms with E-state index in [2.05, 4.69) is 10.00 Å². The number of carbonyl (C=O) groups is 1. The Morgan fingerprint density at radius 3 is 3.05 bits per heavy atom. The molecule has 2 saturated heterocycles. The van der Waals surface area contributed by atoms with Gasteiger partial charge in [-0.15, -0.1) is 0 Å². The predicted molar refractivity (Wildman–Crippen MR) is 77.8 cm³/mol. The molecule has 0 radical (unpaired) electrons. The van der Waals surface area contributed by atoms with Crippen molar-refractivity contribution < 1.29 is 4.79 Å². The van der Waals surface area contributed by atoms with Crippen LogP contribution < -0.4 is 0 Å². The van der Waals surface area contributed by atoms with E-state index in [0.29, 0.717) is 24.0 Å². The second kappa shape index (κ2) is 5.74. The van der Waals surface area contributed by atoms with Crippen molar-refractivity contribution >= 4 is 17.5 Å². The Balaban J connectivity index is 1.51. The zero-order chi connectivity index (χ0) is 14.1. The summed E-state index contributed by atoms with van der Waals surface area (Å²) in [6, 6.07) is 0.592. The van der Waals surface area contributed by atoms with Gasteiger partial charge in [-0.2, -0.15) is 5.10 Å². The molecule has 1 unspecified atom stereocenters. The highest BCUT2D eigenvalue weighted by atomic mass is 35.5. The molecule has 6 heteroatoms. The van der Waals surface area contributed by atoms with Crippen molar-refractivity contribution in [1.29, 1.82) is 0 Å². The summed E-state index contributed by atoms with van der Waals surface area (Å²) in [5.74, 6) is 0.237. The highest BCUT2D eigenvalue weighted by Crippen LogP contribution is 2.22. The van der Waals surface area contributed by atoms with E-state index in [1.54, 1.807) is 10.9 Å². The number of fused-ring (bicyclic) bond motifs is 1. The Morgan fingerprint density at radius 2 is 2.30 bits per heavy atom. The number of hydrogen-bond acceptors (Lipinski definition) is 3. The molecule has 0 N–H and O–H groups in total. The first-order valence-corrected chi connectivity index (χ1v) is 7.72. The van der Waals surface area contributed by atoms with Crippen molar-refractivity contribution in [3.05, 3.63) is 16.9 Å².